The summed E-state index contributed by atoms with van der Waals surface area (Å²) >= 11 is 3.37. The predicted molar refractivity (Wildman–Crippen MR) is 92.5 cm³/mol. The Hall–Kier alpha value is -1.97. The third-order valence-corrected chi connectivity index (χ3v) is 5.64. The molecule has 0 bridgehead atoms. The second kappa shape index (κ2) is 7.29. The molecule has 1 N–H and O–H groups in total. The van der Waals surface area contributed by atoms with Gasteiger partial charge < -0.3 is 4.74 Å². The van der Waals surface area contributed by atoms with Crippen molar-refractivity contribution in [2.24, 2.45) is 0 Å². The Morgan fingerprint density at radius 2 is 1.92 bits per heavy atom. The first-order chi connectivity index (χ1) is 11.3. The number of halogens is 1. The van der Waals surface area contributed by atoms with Crippen molar-refractivity contribution in [3.05, 3.63) is 62.6 Å². The second-order valence-corrected chi connectivity index (χ2v) is 7.49. The lowest BCUT2D eigenvalue weighted by molar-refractivity contribution is -0.385. The lowest BCUT2D eigenvalue weighted by Crippen LogP contribution is -2.27. The lowest BCUT2D eigenvalue weighted by Gasteiger charge is -2.17. The summed E-state index contributed by atoms with van der Waals surface area (Å²) in [7, 11) is -2.72. The molecule has 0 heterocycles. The van der Waals surface area contributed by atoms with Gasteiger partial charge in [-0.3, -0.25) is 10.1 Å². The van der Waals surface area contributed by atoms with Crippen molar-refractivity contribution < 1.29 is 18.1 Å². The molecule has 0 radical (unpaired) electrons. The Labute approximate surface area is 148 Å². The number of nitrogens with one attached hydrogen (secondary N) is 1. The van der Waals surface area contributed by atoms with Crippen molar-refractivity contribution in [1.82, 2.24) is 4.72 Å². The highest BCUT2D eigenvalue weighted by Gasteiger charge is 2.25. The minimum Gasteiger partial charge on any atom is -0.495 e. The molecule has 0 aliphatic carbocycles. The minimum atomic E-state index is -4.02. The third-order valence-electron chi connectivity index (χ3n) is 3.35. The van der Waals surface area contributed by atoms with Gasteiger partial charge in [-0.15, -0.1) is 0 Å². The molecule has 1 atom stereocenters. The van der Waals surface area contributed by atoms with E-state index in [-0.39, 0.29) is 16.3 Å². The molecule has 0 amide bonds. The van der Waals surface area contributed by atoms with Crippen LogP contribution in [0.1, 0.15) is 18.5 Å². The first kappa shape index (κ1) is 18.4. The summed E-state index contributed by atoms with van der Waals surface area (Å²) in [5.74, 6) is 0.0347. The number of rotatable bonds is 6. The van der Waals surface area contributed by atoms with Crippen LogP contribution in [0.2, 0.25) is 0 Å². The fraction of sp³-hybridized carbons (Fsp3) is 0.200. The smallest absolute Gasteiger partial charge is 0.271 e. The van der Waals surface area contributed by atoms with Crippen LogP contribution in [0.3, 0.4) is 0 Å². The molecule has 0 saturated heterocycles. The molecular weight excluding hydrogens is 400 g/mol. The van der Waals surface area contributed by atoms with Crippen molar-refractivity contribution >= 4 is 31.6 Å². The fourth-order valence-corrected chi connectivity index (χ4v) is 4.21. The zero-order chi connectivity index (χ0) is 17.9. The number of nitro groups is 1. The van der Waals surface area contributed by atoms with Crippen molar-refractivity contribution in [3.8, 4) is 5.75 Å². The van der Waals surface area contributed by atoms with Gasteiger partial charge in [0, 0.05) is 22.6 Å². The van der Waals surface area contributed by atoms with Crippen LogP contribution in [0.25, 0.3) is 0 Å². The Bertz CT molecular complexity index is 870. The molecule has 24 heavy (non-hydrogen) atoms. The van der Waals surface area contributed by atoms with Gasteiger partial charge >= 0.3 is 0 Å². The van der Waals surface area contributed by atoms with E-state index < -0.39 is 21.0 Å². The average molecular weight is 415 g/mol. The van der Waals surface area contributed by atoms with Crippen LogP contribution in [0.5, 0.6) is 5.75 Å². The Balaban J connectivity index is 2.42. The number of methoxy groups -OCH3 is 1. The zero-order valence-electron chi connectivity index (χ0n) is 12.9. The summed E-state index contributed by atoms with van der Waals surface area (Å²) in [5, 5.41) is 10.9. The highest BCUT2D eigenvalue weighted by Crippen LogP contribution is 2.30. The van der Waals surface area contributed by atoms with Gasteiger partial charge in [0.1, 0.15) is 10.6 Å². The standard InChI is InChI=1S/C15H15BrN2O5S/c1-10(12-5-3-4-6-13(12)16)17-24(21,22)15-9-11(18(19)20)7-8-14(15)23-2/h3-10,17H,1-2H3. The van der Waals surface area contributed by atoms with Crippen molar-refractivity contribution in [2.75, 3.05) is 7.11 Å². The quantitative estimate of drug-likeness (QED) is 0.576. The van der Waals surface area contributed by atoms with Crippen molar-refractivity contribution in [1.29, 1.82) is 0 Å². The molecule has 128 valence electrons. The normalized spacial score (nSPS) is 12.6. The van der Waals surface area contributed by atoms with E-state index >= 15 is 0 Å². The molecule has 2 aromatic carbocycles. The number of nitro benzene ring substituents is 1. The molecular formula is C15H15BrN2O5S. The van der Waals surface area contributed by atoms with E-state index in [2.05, 4.69) is 20.7 Å². The van der Waals surface area contributed by atoms with Crippen LogP contribution >= 0.6 is 15.9 Å². The summed E-state index contributed by atoms with van der Waals surface area (Å²) in [6.45, 7) is 1.68. The average Bonchev–Trinajstić information content (AvgIpc) is 2.54. The Morgan fingerprint density at radius 1 is 1.25 bits per heavy atom. The van der Waals surface area contributed by atoms with Gasteiger partial charge in [0.05, 0.1) is 12.0 Å². The van der Waals surface area contributed by atoms with Gasteiger partial charge in [-0.25, -0.2) is 13.1 Å². The maximum atomic E-state index is 12.7. The molecule has 0 aromatic heterocycles. The highest BCUT2D eigenvalue weighted by atomic mass is 79.9. The van der Waals surface area contributed by atoms with E-state index in [0.717, 1.165) is 16.1 Å². The van der Waals surface area contributed by atoms with Crippen LogP contribution < -0.4 is 9.46 Å². The SMILES string of the molecule is COc1ccc([N+](=O)[O-])cc1S(=O)(=O)NC(C)c1ccccc1Br. The topological polar surface area (TPSA) is 98.5 Å². The molecule has 0 fully saturated rings. The van der Waals surface area contributed by atoms with Gasteiger partial charge in [0.2, 0.25) is 10.0 Å². The maximum absolute atomic E-state index is 12.7. The number of hydrogen-bond donors (Lipinski definition) is 1. The number of non-ortho nitro benzene ring substituents is 1. The van der Waals surface area contributed by atoms with Crippen LogP contribution in [-0.4, -0.2) is 20.5 Å². The summed E-state index contributed by atoms with van der Waals surface area (Å²) in [6, 6.07) is 10.1. The summed E-state index contributed by atoms with van der Waals surface area (Å²) in [6.07, 6.45) is 0. The molecule has 9 heteroatoms. The lowest BCUT2D eigenvalue weighted by atomic mass is 10.1. The molecule has 2 aromatic rings. The number of sulfonamides is 1. The van der Waals surface area contributed by atoms with Crippen LogP contribution in [0.15, 0.2) is 51.8 Å². The van der Waals surface area contributed by atoms with Gasteiger partial charge in [-0.2, -0.15) is 0 Å². The molecule has 0 aliphatic heterocycles. The van der Waals surface area contributed by atoms with Crippen molar-refractivity contribution in [2.45, 2.75) is 17.9 Å². The Kier molecular flexibility index (Phi) is 5.58. The van der Waals surface area contributed by atoms with E-state index in [1.165, 1.54) is 19.2 Å². The minimum absolute atomic E-state index is 0.0347. The number of hydrogen-bond acceptors (Lipinski definition) is 5. The summed E-state index contributed by atoms with van der Waals surface area (Å²) in [4.78, 5) is 9.97. The summed E-state index contributed by atoms with van der Waals surface area (Å²) < 4.78 is 33.6. The van der Waals surface area contributed by atoms with Crippen LogP contribution in [0, 0.1) is 10.1 Å². The number of benzene rings is 2. The molecule has 0 aliphatic rings. The first-order valence-electron chi connectivity index (χ1n) is 6.85. The van der Waals surface area contributed by atoms with E-state index in [9.17, 15) is 18.5 Å². The van der Waals surface area contributed by atoms with Gasteiger partial charge in [0.25, 0.3) is 5.69 Å². The van der Waals surface area contributed by atoms with Crippen LogP contribution in [-0.2, 0) is 10.0 Å². The van der Waals surface area contributed by atoms with Crippen LogP contribution in [0.4, 0.5) is 5.69 Å². The molecule has 0 saturated carbocycles. The van der Waals surface area contributed by atoms with E-state index in [1.54, 1.807) is 25.1 Å². The molecule has 1 unspecified atom stereocenters. The predicted octanol–water partition coefficient (Wildman–Crippen LogP) is 3.41. The molecule has 2 rings (SSSR count). The van der Waals surface area contributed by atoms with Gasteiger partial charge in [-0.1, -0.05) is 34.1 Å². The molecule has 7 nitrogen and oxygen atoms in total. The summed E-state index contributed by atoms with van der Waals surface area (Å²) in [5.41, 5.74) is 0.412. The second-order valence-electron chi connectivity index (χ2n) is 4.96. The molecule has 0 spiro atoms. The first-order valence-corrected chi connectivity index (χ1v) is 9.13. The van der Waals surface area contributed by atoms with Gasteiger partial charge in [-0.05, 0) is 24.6 Å². The van der Waals surface area contributed by atoms with E-state index in [1.807, 2.05) is 6.07 Å². The largest absolute Gasteiger partial charge is 0.495 e. The van der Waals surface area contributed by atoms with Gasteiger partial charge in [0.15, 0.2) is 0 Å². The van der Waals surface area contributed by atoms with Crippen molar-refractivity contribution in [3.63, 3.8) is 0 Å². The third kappa shape index (κ3) is 3.92. The number of ether oxygens (including phenoxy) is 1. The zero-order valence-corrected chi connectivity index (χ0v) is 15.3. The fourth-order valence-electron chi connectivity index (χ4n) is 2.17. The van der Waals surface area contributed by atoms with E-state index in [0.29, 0.717) is 0 Å². The van der Waals surface area contributed by atoms with E-state index in [4.69, 9.17) is 4.74 Å². The number of nitrogens with zero attached hydrogens (tertiary/aromatic N) is 1. The monoisotopic (exact) mass is 414 g/mol. The Morgan fingerprint density at radius 3 is 2.50 bits per heavy atom. The maximum Gasteiger partial charge on any atom is 0.271 e. The highest BCUT2D eigenvalue weighted by molar-refractivity contribution is 9.10.